The van der Waals surface area contributed by atoms with Gasteiger partial charge in [-0.1, -0.05) is 18.2 Å². The summed E-state index contributed by atoms with van der Waals surface area (Å²) in [6.07, 6.45) is -2.47. The third-order valence-electron chi connectivity index (χ3n) is 6.54. The summed E-state index contributed by atoms with van der Waals surface area (Å²) >= 11 is 0. The number of halogens is 4. The van der Waals surface area contributed by atoms with Gasteiger partial charge in [0.05, 0.1) is 17.2 Å². The molecule has 1 N–H and O–H groups in total. The molecule has 180 valence electrons. The van der Waals surface area contributed by atoms with Gasteiger partial charge >= 0.3 is 0 Å². The van der Waals surface area contributed by atoms with Gasteiger partial charge in [-0.25, -0.2) is 27.5 Å². The molecule has 4 aliphatic heterocycles. The maximum absolute atomic E-state index is 16.1. The van der Waals surface area contributed by atoms with E-state index in [2.05, 4.69) is 20.3 Å². The van der Waals surface area contributed by atoms with E-state index in [1.807, 2.05) is 4.57 Å². The van der Waals surface area contributed by atoms with Crippen molar-refractivity contribution in [2.24, 2.45) is 4.99 Å². The number of ether oxygens (including phenoxy) is 1. The van der Waals surface area contributed by atoms with Crippen LogP contribution in [0.3, 0.4) is 0 Å². The van der Waals surface area contributed by atoms with Crippen LogP contribution in [0.4, 0.5) is 23.4 Å². The number of rotatable bonds is 4. The van der Waals surface area contributed by atoms with E-state index >= 15 is 4.39 Å². The quantitative estimate of drug-likeness (QED) is 0.549. The van der Waals surface area contributed by atoms with E-state index in [0.717, 1.165) is 6.07 Å². The number of nitrogens with one attached hydrogen (secondary N) is 1. The lowest BCUT2D eigenvalue weighted by Crippen LogP contribution is -2.31. The Morgan fingerprint density at radius 1 is 1.18 bits per heavy atom. The van der Waals surface area contributed by atoms with Crippen molar-refractivity contribution in [3.63, 3.8) is 0 Å². The predicted octanol–water partition coefficient (Wildman–Crippen LogP) is 4.83. The number of alkyl halides is 3. The van der Waals surface area contributed by atoms with Gasteiger partial charge in [0.15, 0.2) is 5.49 Å². The van der Waals surface area contributed by atoms with E-state index in [9.17, 15) is 13.2 Å². The molecular weight excluding hydrogens is 450 g/mol. The Morgan fingerprint density at radius 3 is 2.65 bits per heavy atom. The Hall–Kier alpha value is -3.01. The van der Waals surface area contributed by atoms with Crippen LogP contribution in [0.15, 0.2) is 29.3 Å². The molecule has 0 radical (unpaired) electrons. The predicted molar refractivity (Wildman–Crippen MR) is 118 cm³/mol. The molecule has 34 heavy (non-hydrogen) atoms. The van der Waals surface area contributed by atoms with Gasteiger partial charge in [0.1, 0.15) is 29.0 Å². The highest BCUT2D eigenvalue weighted by Gasteiger charge is 2.39. The SMILES string of the molecule is Cc1nc2n3c(c(C4(F)CCOCC4)cc-2c(=N[C@H](C)c2cccc(C(F)F)c2F)n1)NCC3. The highest BCUT2D eigenvalue weighted by molar-refractivity contribution is 5.67. The summed E-state index contributed by atoms with van der Waals surface area (Å²) in [6, 6.07) is 4.82. The topological polar surface area (TPSA) is 64.3 Å². The fraction of sp³-hybridized carbons (Fsp3) is 0.458. The zero-order valence-electron chi connectivity index (χ0n) is 18.9. The molecule has 6 nitrogen and oxygen atoms in total. The Balaban J connectivity index is 1.70. The molecular formula is C24H25F4N5O. The van der Waals surface area contributed by atoms with Crippen LogP contribution in [0.1, 0.15) is 54.7 Å². The molecule has 10 heteroatoms. The van der Waals surface area contributed by atoms with Crippen LogP contribution in [-0.4, -0.2) is 34.3 Å². The summed E-state index contributed by atoms with van der Waals surface area (Å²) in [4.78, 5) is 13.6. The van der Waals surface area contributed by atoms with Gasteiger partial charge in [-0.2, -0.15) is 0 Å². The van der Waals surface area contributed by atoms with Crippen LogP contribution in [0.5, 0.6) is 0 Å². The Kier molecular flexibility index (Phi) is 5.79. The normalized spacial score (nSPS) is 18.9. The second-order valence-corrected chi connectivity index (χ2v) is 8.75. The summed E-state index contributed by atoms with van der Waals surface area (Å²) in [6.45, 7) is 5.23. The number of benzene rings is 1. The van der Waals surface area contributed by atoms with Gasteiger partial charge in [0.25, 0.3) is 6.43 Å². The number of hydrogen-bond donors (Lipinski definition) is 1. The van der Waals surface area contributed by atoms with Gasteiger partial charge in [-0.15, -0.1) is 0 Å². The molecule has 0 saturated carbocycles. The molecule has 0 aliphatic carbocycles. The van der Waals surface area contributed by atoms with Crippen molar-refractivity contribution in [3.05, 3.63) is 58.1 Å². The Labute approximate surface area is 194 Å². The van der Waals surface area contributed by atoms with Gasteiger partial charge in [0, 0.05) is 50.3 Å². The standard InChI is InChI=1S/C24H25F4N5O/c1-13(15-4-3-5-16(19(15)25)20(26)27)30-21-17-12-18(24(28)6-10-34-11-7-24)23-29-8-9-33(23)22(17)32-14(2)31-21/h3-5,12-13,20,29H,6-11H2,1-2H3/t13-/m1/s1. The molecule has 0 unspecified atom stereocenters. The summed E-state index contributed by atoms with van der Waals surface area (Å²) in [5.74, 6) is 0.758. The second kappa shape index (κ2) is 8.65. The fourth-order valence-corrected chi connectivity index (χ4v) is 4.76. The zero-order valence-corrected chi connectivity index (χ0v) is 18.9. The van der Waals surface area contributed by atoms with Crippen molar-refractivity contribution < 1.29 is 22.3 Å². The van der Waals surface area contributed by atoms with E-state index in [1.165, 1.54) is 12.1 Å². The highest BCUT2D eigenvalue weighted by atomic mass is 19.3. The molecule has 0 spiro atoms. The Morgan fingerprint density at radius 2 is 1.91 bits per heavy atom. The minimum atomic E-state index is -2.93. The van der Waals surface area contributed by atoms with Crippen molar-refractivity contribution >= 4 is 5.82 Å². The van der Waals surface area contributed by atoms with Crippen LogP contribution in [-0.2, 0) is 17.0 Å². The van der Waals surface area contributed by atoms with Crippen molar-refractivity contribution in [2.45, 2.75) is 51.4 Å². The number of anilines is 1. The smallest absolute Gasteiger partial charge is 0.266 e. The first-order chi connectivity index (χ1) is 16.3. The first kappa shape index (κ1) is 22.8. The van der Waals surface area contributed by atoms with Crippen LogP contribution in [0.2, 0.25) is 0 Å². The van der Waals surface area contributed by atoms with E-state index in [-0.39, 0.29) is 23.9 Å². The van der Waals surface area contributed by atoms with Crippen LogP contribution >= 0.6 is 0 Å². The fourth-order valence-electron chi connectivity index (χ4n) is 4.76. The first-order valence-corrected chi connectivity index (χ1v) is 11.3. The minimum absolute atomic E-state index is 0.0457. The van der Waals surface area contributed by atoms with Gasteiger partial charge < -0.3 is 14.6 Å². The van der Waals surface area contributed by atoms with Crippen molar-refractivity contribution in [3.8, 4) is 11.4 Å². The molecule has 1 aromatic rings. The van der Waals surface area contributed by atoms with Crippen molar-refractivity contribution in [2.75, 3.05) is 25.1 Å². The third kappa shape index (κ3) is 3.83. The highest BCUT2D eigenvalue weighted by Crippen LogP contribution is 2.43. The number of nitrogens with zero attached hydrogens (tertiary/aromatic N) is 4. The molecule has 4 aliphatic rings. The van der Waals surface area contributed by atoms with Crippen LogP contribution in [0.25, 0.3) is 11.4 Å². The minimum Gasteiger partial charge on any atom is -0.381 e. The van der Waals surface area contributed by atoms with Gasteiger partial charge in [-0.3, -0.25) is 4.99 Å². The van der Waals surface area contributed by atoms with Gasteiger partial charge in [-0.05, 0) is 19.9 Å². The average molecular weight is 475 g/mol. The summed E-state index contributed by atoms with van der Waals surface area (Å²) < 4.78 is 64.5. The number of aryl methyl sites for hydroxylation is 1. The number of hydrogen-bond acceptors (Lipinski definition) is 5. The van der Waals surface area contributed by atoms with E-state index in [0.29, 0.717) is 54.9 Å². The number of fused-ring (bicyclic) bond motifs is 3. The molecule has 1 aromatic carbocycles. The lowest BCUT2D eigenvalue weighted by molar-refractivity contribution is -0.0112. The Bertz CT molecular complexity index is 1270. The monoisotopic (exact) mass is 475 g/mol. The van der Waals surface area contributed by atoms with Crippen molar-refractivity contribution in [1.29, 1.82) is 0 Å². The molecule has 5 rings (SSSR count). The number of pyridine rings is 1. The summed E-state index contributed by atoms with van der Waals surface area (Å²) in [5, 5.41) is 3.28. The third-order valence-corrected chi connectivity index (χ3v) is 6.54. The molecule has 1 atom stereocenters. The van der Waals surface area contributed by atoms with Crippen LogP contribution in [0, 0.1) is 12.7 Å². The lowest BCUT2D eigenvalue weighted by Gasteiger charge is -2.32. The largest absolute Gasteiger partial charge is 0.381 e. The maximum atomic E-state index is 16.1. The zero-order chi connectivity index (χ0) is 24.0. The lowest BCUT2D eigenvalue weighted by atomic mass is 9.87. The van der Waals surface area contributed by atoms with Gasteiger partial charge in [0.2, 0.25) is 0 Å². The average Bonchev–Trinajstić information content (AvgIpc) is 3.29. The molecule has 0 aromatic heterocycles. The van der Waals surface area contributed by atoms with E-state index in [4.69, 9.17) is 4.74 Å². The first-order valence-electron chi connectivity index (χ1n) is 11.3. The molecule has 1 saturated heterocycles. The molecule has 1 fully saturated rings. The van der Waals surface area contributed by atoms with E-state index in [1.54, 1.807) is 19.9 Å². The molecule has 0 amide bonds. The molecule has 4 heterocycles. The number of aromatic nitrogens is 3. The molecule has 0 bridgehead atoms. The summed E-state index contributed by atoms with van der Waals surface area (Å²) in [5.41, 5.74) is -0.881. The van der Waals surface area contributed by atoms with Crippen LogP contribution < -0.4 is 10.8 Å². The van der Waals surface area contributed by atoms with Crippen molar-refractivity contribution in [1.82, 2.24) is 14.5 Å². The maximum Gasteiger partial charge on any atom is 0.266 e. The second-order valence-electron chi connectivity index (χ2n) is 8.75. The van der Waals surface area contributed by atoms with E-state index < -0.39 is 29.5 Å². The summed E-state index contributed by atoms with van der Waals surface area (Å²) in [7, 11) is 0.